The third-order valence-electron chi connectivity index (χ3n) is 10.5. The van der Waals surface area contributed by atoms with Gasteiger partial charge in [0.05, 0.1) is 0 Å². The average Bonchev–Trinajstić information content (AvgIpc) is 3.57. The molecule has 1 aliphatic heterocycles. The summed E-state index contributed by atoms with van der Waals surface area (Å²) in [6, 6.07) is 17.7. The van der Waals surface area contributed by atoms with Gasteiger partial charge in [-0.05, 0) is 110 Å². The van der Waals surface area contributed by atoms with Crippen LogP contribution in [0.4, 0.5) is 0 Å². The second-order valence-corrected chi connectivity index (χ2v) is 14.3. The molecule has 1 N–H and O–H groups in total. The minimum Gasteiger partial charge on any atom is -0.394 e. The summed E-state index contributed by atoms with van der Waals surface area (Å²) in [5.74, 6) is 1.09. The van der Waals surface area contributed by atoms with Crippen molar-refractivity contribution in [3.8, 4) is 33.8 Å². The van der Waals surface area contributed by atoms with E-state index in [1.165, 1.54) is 44.5 Å². The van der Waals surface area contributed by atoms with E-state index in [9.17, 15) is 9.46 Å². The van der Waals surface area contributed by atoms with Crippen LogP contribution in [0, 0.1) is 13.8 Å². The van der Waals surface area contributed by atoms with E-state index in [4.69, 9.17) is 9.05 Å². The van der Waals surface area contributed by atoms with Crippen molar-refractivity contribution in [2.75, 3.05) is 0 Å². The summed E-state index contributed by atoms with van der Waals surface area (Å²) >= 11 is 0. The standard InChI is InChI=1S/C39H43O4P/c1-7-25-19-23(5)20-26(8-2)33(25)31-13-11-29-15-17-39-18-16-30-12-14-32(34-27(9-3)21-24(6)22-28(34)10-4)38(36(30)39)43-44(40,41)42-37(31)35(29)39/h11-14,19-22H,7-10,15-18H2,1-6H3,(H,40,41). The van der Waals surface area contributed by atoms with Gasteiger partial charge in [-0.25, -0.2) is 4.57 Å². The van der Waals surface area contributed by atoms with Gasteiger partial charge in [0.25, 0.3) is 0 Å². The van der Waals surface area contributed by atoms with Crippen molar-refractivity contribution in [3.63, 3.8) is 0 Å². The summed E-state index contributed by atoms with van der Waals surface area (Å²) in [5.41, 5.74) is 15.8. The summed E-state index contributed by atoms with van der Waals surface area (Å²) in [7, 11) is -4.57. The molecular formula is C39H43O4P. The summed E-state index contributed by atoms with van der Waals surface area (Å²) < 4.78 is 26.9. The van der Waals surface area contributed by atoms with Crippen molar-refractivity contribution in [1.29, 1.82) is 0 Å². The predicted molar refractivity (Wildman–Crippen MR) is 179 cm³/mol. The number of hydrogen-bond acceptors (Lipinski definition) is 3. The molecule has 4 nitrogen and oxygen atoms in total. The highest BCUT2D eigenvalue weighted by Crippen LogP contribution is 2.65. The lowest BCUT2D eigenvalue weighted by Gasteiger charge is -2.35. The molecule has 228 valence electrons. The lowest BCUT2D eigenvalue weighted by Crippen LogP contribution is -2.25. The monoisotopic (exact) mass is 606 g/mol. The lowest BCUT2D eigenvalue weighted by molar-refractivity contribution is 0.281. The highest BCUT2D eigenvalue weighted by molar-refractivity contribution is 7.48. The Morgan fingerprint density at radius 3 is 1.36 bits per heavy atom. The van der Waals surface area contributed by atoms with Crippen LogP contribution in [-0.2, 0) is 48.5 Å². The molecule has 0 bridgehead atoms. The molecule has 1 heterocycles. The number of benzene rings is 4. The van der Waals surface area contributed by atoms with Gasteiger partial charge in [0.1, 0.15) is 11.5 Å². The molecule has 5 heteroatoms. The Balaban J connectivity index is 1.56. The van der Waals surface area contributed by atoms with Crippen LogP contribution in [0.15, 0.2) is 48.5 Å². The normalized spacial score (nSPS) is 16.9. The maximum absolute atomic E-state index is 14.2. The smallest absolute Gasteiger partial charge is 0.394 e. The van der Waals surface area contributed by atoms with Gasteiger partial charge in [0.15, 0.2) is 0 Å². The molecule has 4 aromatic rings. The van der Waals surface area contributed by atoms with E-state index in [2.05, 4.69) is 90.1 Å². The van der Waals surface area contributed by atoms with Crippen LogP contribution in [0.2, 0.25) is 0 Å². The summed E-state index contributed by atoms with van der Waals surface area (Å²) in [5, 5.41) is 0. The summed E-state index contributed by atoms with van der Waals surface area (Å²) in [6.45, 7) is 13.0. The summed E-state index contributed by atoms with van der Waals surface area (Å²) in [6.07, 6.45) is 7.16. The Hall–Kier alpha value is -3.33. The zero-order valence-corrected chi connectivity index (χ0v) is 27.8. The maximum Gasteiger partial charge on any atom is 0.584 e. The van der Waals surface area contributed by atoms with Crippen molar-refractivity contribution < 1.29 is 18.5 Å². The molecule has 0 aromatic heterocycles. The minimum absolute atomic E-state index is 0.325. The second-order valence-electron chi connectivity index (χ2n) is 13.0. The Labute approximate surface area is 262 Å². The highest BCUT2D eigenvalue weighted by atomic mass is 31.2. The Morgan fingerprint density at radius 2 is 1.02 bits per heavy atom. The molecule has 0 saturated heterocycles. The fourth-order valence-corrected chi connectivity index (χ4v) is 9.56. The largest absolute Gasteiger partial charge is 0.584 e. The zero-order valence-electron chi connectivity index (χ0n) is 26.9. The van der Waals surface area contributed by atoms with E-state index in [-0.39, 0.29) is 5.41 Å². The first-order valence-corrected chi connectivity index (χ1v) is 17.9. The molecule has 0 unspecified atom stereocenters. The molecule has 7 rings (SSSR count). The first-order chi connectivity index (χ1) is 21.1. The molecular weight excluding hydrogens is 563 g/mol. The SMILES string of the molecule is CCc1cc(C)cc(CC)c1-c1ccc2c3c1OP(=O)(O)Oc1c(-c4c(CC)cc(C)cc4CC)ccc4c1C3(CC2)CC4. The van der Waals surface area contributed by atoms with Crippen molar-refractivity contribution >= 4 is 7.82 Å². The van der Waals surface area contributed by atoms with Crippen LogP contribution in [0.5, 0.6) is 11.5 Å². The van der Waals surface area contributed by atoms with E-state index in [0.29, 0.717) is 11.5 Å². The predicted octanol–water partition coefficient (Wildman–Crippen LogP) is 9.94. The quantitative estimate of drug-likeness (QED) is 0.222. The second kappa shape index (κ2) is 10.6. The van der Waals surface area contributed by atoms with Crippen LogP contribution >= 0.6 is 7.82 Å². The number of hydrogen-bond donors (Lipinski definition) is 1. The molecule has 0 radical (unpaired) electrons. The number of phosphoric ester groups is 1. The summed E-state index contributed by atoms with van der Waals surface area (Å²) in [4.78, 5) is 11.6. The molecule has 1 spiro atoms. The highest BCUT2D eigenvalue weighted by Gasteiger charge is 2.52. The first kappa shape index (κ1) is 29.4. The van der Waals surface area contributed by atoms with E-state index in [0.717, 1.165) is 84.7 Å². The Kier molecular flexibility index (Phi) is 7.11. The molecule has 44 heavy (non-hydrogen) atoms. The molecule has 0 atom stereocenters. The lowest BCUT2D eigenvalue weighted by atomic mass is 9.73. The fourth-order valence-electron chi connectivity index (χ4n) is 8.68. The Morgan fingerprint density at radius 1 is 0.659 bits per heavy atom. The van der Waals surface area contributed by atoms with E-state index in [1.54, 1.807) is 0 Å². The van der Waals surface area contributed by atoms with Crippen molar-refractivity contribution in [2.24, 2.45) is 0 Å². The van der Waals surface area contributed by atoms with Crippen LogP contribution in [0.25, 0.3) is 22.3 Å². The molecule has 2 aliphatic carbocycles. The number of aryl methyl sites for hydroxylation is 8. The number of rotatable bonds is 6. The van der Waals surface area contributed by atoms with Crippen molar-refractivity contribution in [1.82, 2.24) is 0 Å². The zero-order chi connectivity index (χ0) is 31.0. The molecule has 3 aliphatic rings. The van der Waals surface area contributed by atoms with E-state index < -0.39 is 7.82 Å². The molecule has 0 saturated carbocycles. The average molecular weight is 607 g/mol. The van der Waals surface area contributed by atoms with Crippen LogP contribution in [0.1, 0.15) is 96.2 Å². The van der Waals surface area contributed by atoms with Crippen molar-refractivity contribution in [3.05, 3.63) is 104 Å². The molecule has 0 amide bonds. The van der Waals surface area contributed by atoms with Gasteiger partial charge in [0, 0.05) is 27.7 Å². The van der Waals surface area contributed by atoms with E-state index in [1.807, 2.05) is 0 Å². The third-order valence-corrected chi connectivity index (χ3v) is 11.3. The maximum atomic E-state index is 14.2. The van der Waals surface area contributed by atoms with Gasteiger partial charge in [-0.2, -0.15) is 0 Å². The van der Waals surface area contributed by atoms with Crippen LogP contribution < -0.4 is 9.05 Å². The minimum atomic E-state index is -4.57. The molecule has 4 aromatic carbocycles. The van der Waals surface area contributed by atoms with Gasteiger partial charge in [-0.15, -0.1) is 0 Å². The topological polar surface area (TPSA) is 55.8 Å². The number of phosphoric acid groups is 1. The molecule has 0 fully saturated rings. The van der Waals surface area contributed by atoms with Crippen LogP contribution in [0.3, 0.4) is 0 Å². The fraction of sp³-hybridized carbons (Fsp3) is 0.385. The van der Waals surface area contributed by atoms with Gasteiger partial charge < -0.3 is 9.05 Å². The first-order valence-electron chi connectivity index (χ1n) is 16.4. The third kappa shape index (κ3) is 4.32. The van der Waals surface area contributed by atoms with Gasteiger partial charge >= 0.3 is 7.82 Å². The van der Waals surface area contributed by atoms with Gasteiger partial charge in [0.2, 0.25) is 0 Å². The van der Waals surface area contributed by atoms with E-state index >= 15 is 0 Å². The van der Waals surface area contributed by atoms with Crippen LogP contribution in [-0.4, -0.2) is 4.89 Å². The van der Waals surface area contributed by atoms with Crippen molar-refractivity contribution in [2.45, 2.75) is 98.3 Å². The van der Waals surface area contributed by atoms with Gasteiger partial charge in [-0.1, -0.05) is 87.4 Å². The van der Waals surface area contributed by atoms with Gasteiger partial charge in [-0.3, -0.25) is 4.89 Å². The Bertz CT molecular complexity index is 1700.